The van der Waals surface area contributed by atoms with Gasteiger partial charge in [0.05, 0.1) is 32.4 Å². The van der Waals surface area contributed by atoms with Crippen LogP contribution in [0.4, 0.5) is 4.79 Å². The third-order valence-electron chi connectivity index (χ3n) is 6.03. The first-order valence-corrected chi connectivity index (χ1v) is 10.6. The second-order valence-corrected chi connectivity index (χ2v) is 8.03. The molecule has 1 saturated heterocycles. The van der Waals surface area contributed by atoms with Crippen molar-refractivity contribution in [2.45, 2.75) is 25.1 Å². The number of fused-ring (bicyclic) bond motifs is 3. The van der Waals surface area contributed by atoms with Crippen LogP contribution >= 0.6 is 0 Å². The number of amides is 1. The molecule has 158 valence electrons. The molecule has 0 aromatic heterocycles. The van der Waals surface area contributed by atoms with E-state index in [-0.39, 0.29) is 24.8 Å². The van der Waals surface area contributed by atoms with E-state index in [9.17, 15) is 4.79 Å². The molecule has 2 heterocycles. The summed E-state index contributed by atoms with van der Waals surface area (Å²) in [6, 6.07) is 22.2. The Morgan fingerprint density at radius 3 is 2.65 bits per heavy atom. The van der Waals surface area contributed by atoms with Crippen LogP contribution in [0, 0.1) is 0 Å². The fourth-order valence-electron chi connectivity index (χ4n) is 4.44. The summed E-state index contributed by atoms with van der Waals surface area (Å²) in [5, 5.41) is 2.32. The first kappa shape index (κ1) is 19.6. The van der Waals surface area contributed by atoms with Gasteiger partial charge in [-0.2, -0.15) is 0 Å². The Balaban J connectivity index is 1.36. The van der Waals surface area contributed by atoms with E-state index >= 15 is 0 Å². The Kier molecular flexibility index (Phi) is 5.35. The molecule has 0 radical (unpaired) electrons. The van der Waals surface area contributed by atoms with Crippen LogP contribution in [-0.2, 0) is 16.1 Å². The second kappa shape index (κ2) is 8.44. The number of carbonyl (C=O) groups excluding carboxylic acids is 1. The van der Waals surface area contributed by atoms with Crippen molar-refractivity contribution in [3.63, 3.8) is 0 Å². The first-order valence-electron chi connectivity index (χ1n) is 10.6. The summed E-state index contributed by atoms with van der Waals surface area (Å²) in [4.78, 5) is 14.7. The van der Waals surface area contributed by atoms with Crippen molar-refractivity contribution in [2.24, 2.45) is 0 Å². The Morgan fingerprint density at radius 2 is 1.84 bits per heavy atom. The van der Waals surface area contributed by atoms with Crippen molar-refractivity contribution in [1.82, 2.24) is 4.90 Å². The molecule has 31 heavy (non-hydrogen) atoms. The van der Waals surface area contributed by atoms with E-state index < -0.39 is 0 Å². The summed E-state index contributed by atoms with van der Waals surface area (Å²) in [7, 11) is 1.68. The maximum atomic E-state index is 12.9. The van der Waals surface area contributed by atoms with Crippen LogP contribution in [0.5, 0.6) is 5.75 Å². The quantitative estimate of drug-likeness (QED) is 0.599. The van der Waals surface area contributed by atoms with Gasteiger partial charge in [-0.1, -0.05) is 54.6 Å². The maximum Gasteiger partial charge on any atom is 0.411 e. The average Bonchev–Trinajstić information content (AvgIpc) is 2.81. The lowest BCUT2D eigenvalue weighted by atomic mass is 9.89. The van der Waals surface area contributed by atoms with E-state index in [1.165, 1.54) is 16.5 Å². The van der Waals surface area contributed by atoms with Gasteiger partial charge in [0, 0.05) is 0 Å². The molecule has 3 aromatic carbocycles. The largest absolute Gasteiger partial charge is 0.497 e. The number of ether oxygens (including phenoxy) is 3. The van der Waals surface area contributed by atoms with Crippen LogP contribution in [0.25, 0.3) is 16.3 Å². The standard InChI is InChI=1S/C26H25NO4/c1-29-25-10-9-19-11-20(7-8-21(19)14-25)22-12-23-16-30-17-24(13-22)27(23)26(28)31-15-18-5-3-2-4-6-18/h2-12,14,23-24H,13,15-17H2,1H3. The van der Waals surface area contributed by atoms with Crippen LogP contribution in [0.15, 0.2) is 72.8 Å². The van der Waals surface area contributed by atoms with Crippen molar-refractivity contribution in [2.75, 3.05) is 20.3 Å². The Hall–Kier alpha value is -3.31. The van der Waals surface area contributed by atoms with Crippen LogP contribution in [-0.4, -0.2) is 43.4 Å². The van der Waals surface area contributed by atoms with E-state index in [4.69, 9.17) is 14.2 Å². The molecule has 0 spiro atoms. The highest BCUT2D eigenvalue weighted by Gasteiger charge is 2.39. The van der Waals surface area contributed by atoms with Crippen molar-refractivity contribution in [1.29, 1.82) is 0 Å². The Morgan fingerprint density at radius 1 is 1.03 bits per heavy atom. The minimum Gasteiger partial charge on any atom is -0.497 e. The highest BCUT2D eigenvalue weighted by atomic mass is 16.6. The van der Waals surface area contributed by atoms with Gasteiger partial charge in [-0.15, -0.1) is 0 Å². The molecule has 2 bridgehead atoms. The highest BCUT2D eigenvalue weighted by Crippen LogP contribution is 2.34. The molecule has 5 heteroatoms. The highest BCUT2D eigenvalue weighted by molar-refractivity contribution is 5.88. The van der Waals surface area contributed by atoms with E-state index in [1.54, 1.807) is 7.11 Å². The topological polar surface area (TPSA) is 48.0 Å². The average molecular weight is 415 g/mol. The minimum atomic E-state index is -0.275. The van der Waals surface area contributed by atoms with Gasteiger partial charge in [0.2, 0.25) is 0 Å². The normalized spacial score (nSPS) is 20.3. The lowest BCUT2D eigenvalue weighted by Crippen LogP contribution is -2.56. The van der Waals surface area contributed by atoms with Gasteiger partial charge in [0.15, 0.2) is 0 Å². The van der Waals surface area contributed by atoms with Crippen molar-refractivity contribution >= 4 is 22.4 Å². The number of nitrogens with zero attached hydrogens (tertiary/aromatic N) is 1. The molecule has 5 nitrogen and oxygen atoms in total. The fourth-order valence-corrected chi connectivity index (χ4v) is 4.44. The third kappa shape index (κ3) is 4.01. The molecule has 2 unspecified atom stereocenters. The van der Waals surface area contributed by atoms with E-state index in [0.717, 1.165) is 23.1 Å². The van der Waals surface area contributed by atoms with Gasteiger partial charge in [0.1, 0.15) is 12.4 Å². The van der Waals surface area contributed by atoms with Crippen molar-refractivity contribution < 1.29 is 19.0 Å². The lowest BCUT2D eigenvalue weighted by Gasteiger charge is -2.43. The molecular formula is C26H25NO4. The number of carbonyl (C=O) groups is 1. The Labute approximate surface area is 181 Å². The number of methoxy groups -OCH3 is 1. The van der Waals surface area contributed by atoms with Gasteiger partial charge in [-0.3, -0.25) is 4.90 Å². The van der Waals surface area contributed by atoms with Crippen LogP contribution in [0.3, 0.4) is 0 Å². The molecule has 2 aliphatic rings. The zero-order valence-corrected chi connectivity index (χ0v) is 17.5. The SMILES string of the molecule is COc1ccc2cc(C3=CC4COCC(C3)N4C(=O)OCc3ccccc3)ccc2c1. The fraction of sp³-hybridized carbons (Fsp3) is 0.269. The van der Waals surface area contributed by atoms with E-state index in [0.29, 0.717) is 13.2 Å². The van der Waals surface area contributed by atoms with Crippen LogP contribution < -0.4 is 4.74 Å². The van der Waals surface area contributed by atoms with Crippen LogP contribution in [0.1, 0.15) is 17.5 Å². The number of hydrogen-bond acceptors (Lipinski definition) is 4. The Bertz CT molecular complexity index is 1120. The summed E-state index contributed by atoms with van der Waals surface area (Å²) in [5.74, 6) is 0.855. The predicted molar refractivity (Wildman–Crippen MR) is 120 cm³/mol. The molecule has 1 fully saturated rings. The molecule has 2 atom stereocenters. The van der Waals surface area contributed by atoms with Crippen molar-refractivity contribution in [3.05, 3.63) is 83.9 Å². The molecule has 1 amide bonds. The smallest absolute Gasteiger partial charge is 0.411 e. The van der Waals surface area contributed by atoms with Gasteiger partial charge >= 0.3 is 6.09 Å². The minimum absolute atomic E-state index is 0.0198. The molecule has 0 saturated carbocycles. The maximum absolute atomic E-state index is 12.9. The zero-order valence-electron chi connectivity index (χ0n) is 17.5. The predicted octanol–water partition coefficient (Wildman–Crippen LogP) is 5.04. The van der Waals surface area contributed by atoms with Gasteiger partial charge < -0.3 is 14.2 Å². The molecule has 0 N–H and O–H groups in total. The molecule has 2 aliphatic heterocycles. The summed E-state index contributed by atoms with van der Waals surface area (Å²) in [6.45, 7) is 1.30. The number of benzene rings is 3. The number of hydrogen-bond donors (Lipinski definition) is 0. The van der Waals surface area contributed by atoms with Gasteiger partial charge in [-0.25, -0.2) is 4.79 Å². The second-order valence-electron chi connectivity index (χ2n) is 8.03. The molecule has 5 rings (SSSR count). The van der Waals surface area contributed by atoms with Crippen molar-refractivity contribution in [3.8, 4) is 5.75 Å². The lowest BCUT2D eigenvalue weighted by molar-refractivity contribution is -0.0342. The first-order chi connectivity index (χ1) is 15.2. The van der Waals surface area contributed by atoms with Gasteiger partial charge in [-0.05, 0) is 52.1 Å². The van der Waals surface area contributed by atoms with Crippen LogP contribution in [0.2, 0.25) is 0 Å². The monoisotopic (exact) mass is 415 g/mol. The molecule has 0 aliphatic carbocycles. The number of morpholine rings is 1. The third-order valence-corrected chi connectivity index (χ3v) is 6.03. The van der Waals surface area contributed by atoms with E-state index in [1.807, 2.05) is 47.4 Å². The molecule has 3 aromatic rings. The van der Waals surface area contributed by atoms with Gasteiger partial charge in [0.25, 0.3) is 0 Å². The molecular weight excluding hydrogens is 390 g/mol. The summed E-state index contributed by atoms with van der Waals surface area (Å²) in [5.41, 5.74) is 3.42. The number of rotatable bonds is 4. The van der Waals surface area contributed by atoms with E-state index in [2.05, 4.69) is 30.3 Å². The summed E-state index contributed by atoms with van der Waals surface area (Å²) >= 11 is 0. The zero-order chi connectivity index (χ0) is 21.2. The summed E-state index contributed by atoms with van der Waals surface area (Å²) < 4.78 is 16.7. The summed E-state index contributed by atoms with van der Waals surface area (Å²) in [6.07, 6.45) is 2.63.